The highest BCUT2D eigenvalue weighted by Gasteiger charge is 2.19. The minimum Gasteiger partial charge on any atom is -0.451 e. The lowest BCUT2D eigenvalue weighted by Gasteiger charge is -2.07. The van der Waals surface area contributed by atoms with Gasteiger partial charge in [-0.25, -0.2) is 4.68 Å². The number of hydrogen-bond acceptors (Lipinski definition) is 4. The first-order chi connectivity index (χ1) is 12.1. The molecule has 0 unspecified atom stereocenters. The van der Waals surface area contributed by atoms with Gasteiger partial charge in [0.05, 0.1) is 12.7 Å². The number of amides is 1. The van der Waals surface area contributed by atoms with Gasteiger partial charge in [0.15, 0.2) is 5.76 Å². The van der Waals surface area contributed by atoms with Gasteiger partial charge in [0.1, 0.15) is 11.4 Å². The van der Waals surface area contributed by atoms with E-state index in [2.05, 4.69) is 26.3 Å². The maximum atomic E-state index is 12.7. The summed E-state index contributed by atoms with van der Waals surface area (Å²) in [5.74, 6) is 0.675. The maximum absolute atomic E-state index is 12.7. The van der Waals surface area contributed by atoms with Crippen LogP contribution in [-0.2, 0) is 6.54 Å². The molecule has 5 nitrogen and oxygen atoms in total. The minimum absolute atomic E-state index is 0.280. The molecule has 0 fully saturated rings. The third kappa shape index (κ3) is 3.12. The van der Waals surface area contributed by atoms with Gasteiger partial charge in [-0.2, -0.15) is 5.10 Å². The number of carbonyl (C=O) groups is 1. The minimum atomic E-state index is -0.280. The van der Waals surface area contributed by atoms with Crippen LogP contribution in [0.1, 0.15) is 21.0 Å². The van der Waals surface area contributed by atoms with Crippen molar-refractivity contribution < 1.29 is 9.21 Å². The summed E-state index contributed by atoms with van der Waals surface area (Å²) < 4.78 is 8.44. The van der Waals surface area contributed by atoms with Gasteiger partial charge in [-0.15, -0.1) is 11.3 Å². The molecular weight excluding hydrogens is 402 g/mol. The summed E-state index contributed by atoms with van der Waals surface area (Å²) >= 11 is 5.07. The molecule has 3 aromatic heterocycles. The fourth-order valence-electron chi connectivity index (χ4n) is 2.70. The number of halogens is 1. The quantitative estimate of drug-likeness (QED) is 0.506. The average molecular weight is 416 g/mol. The lowest BCUT2D eigenvalue weighted by atomic mass is 10.1. The first kappa shape index (κ1) is 16.1. The molecule has 0 spiro atoms. The molecule has 0 aliphatic rings. The normalized spacial score (nSPS) is 11.1. The molecule has 1 N–H and O–H groups in total. The number of benzene rings is 1. The number of thiophene rings is 1. The number of aromatic nitrogens is 2. The fraction of sp³-hybridized carbons (Fsp3) is 0.111. The summed E-state index contributed by atoms with van der Waals surface area (Å²) in [6.07, 6.45) is 1.67. The van der Waals surface area contributed by atoms with Crippen LogP contribution in [0, 0.1) is 6.92 Å². The van der Waals surface area contributed by atoms with E-state index in [1.165, 1.54) is 4.88 Å². The van der Waals surface area contributed by atoms with Crippen LogP contribution < -0.4 is 5.32 Å². The van der Waals surface area contributed by atoms with Crippen LogP contribution in [0.5, 0.6) is 0 Å². The summed E-state index contributed by atoms with van der Waals surface area (Å²) in [5, 5.41) is 10.1. The zero-order chi connectivity index (χ0) is 17.4. The Kier molecular flexibility index (Phi) is 4.19. The van der Waals surface area contributed by atoms with E-state index in [-0.39, 0.29) is 5.91 Å². The van der Waals surface area contributed by atoms with E-state index in [0.717, 1.165) is 15.4 Å². The highest BCUT2D eigenvalue weighted by atomic mass is 79.9. The van der Waals surface area contributed by atoms with Crippen LogP contribution in [-0.4, -0.2) is 15.7 Å². The van der Waals surface area contributed by atoms with Crippen molar-refractivity contribution in [3.8, 4) is 0 Å². The number of anilines is 1. The monoisotopic (exact) mass is 415 g/mol. The van der Waals surface area contributed by atoms with Crippen LogP contribution in [0.2, 0.25) is 0 Å². The lowest BCUT2D eigenvalue weighted by Crippen LogP contribution is -2.16. The van der Waals surface area contributed by atoms with Crippen molar-refractivity contribution in [2.75, 3.05) is 5.32 Å². The van der Waals surface area contributed by atoms with Gasteiger partial charge in [0.2, 0.25) is 0 Å². The first-order valence-electron chi connectivity index (χ1n) is 7.66. The largest absolute Gasteiger partial charge is 0.451 e. The number of furan rings is 1. The number of nitrogens with one attached hydrogen (secondary N) is 1. The van der Waals surface area contributed by atoms with Crippen molar-refractivity contribution in [1.29, 1.82) is 0 Å². The van der Waals surface area contributed by atoms with Crippen molar-refractivity contribution in [1.82, 2.24) is 9.78 Å². The van der Waals surface area contributed by atoms with Crippen LogP contribution in [0.4, 0.5) is 5.82 Å². The average Bonchev–Trinajstić information content (AvgIpc) is 3.30. The second-order valence-corrected chi connectivity index (χ2v) is 7.55. The topological polar surface area (TPSA) is 60.1 Å². The standard InChI is InChI=1S/C18H14BrN3O2S/c1-11-14-5-4-12(19)9-15(14)24-17(11)18(23)21-16-6-7-20-22(16)10-13-3-2-8-25-13/h2-9H,10H2,1H3,(H,21,23). The van der Waals surface area contributed by atoms with Gasteiger partial charge in [-0.1, -0.05) is 22.0 Å². The smallest absolute Gasteiger partial charge is 0.292 e. The van der Waals surface area contributed by atoms with Crippen molar-refractivity contribution in [3.05, 3.63) is 68.6 Å². The van der Waals surface area contributed by atoms with Crippen LogP contribution in [0.3, 0.4) is 0 Å². The highest BCUT2D eigenvalue weighted by molar-refractivity contribution is 9.10. The molecule has 0 saturated carbocycles. The number of nitrogens with zero attached hydrogens (tertiary/aromatic N) is 2. The molecule has 25 heavy (non-hydrogen) atoms. The molecular formula is C18H14BrN3O2S. The molecule has 0 aliphatic heterocycles. The van der Waals surface area contributed by atoms with E-state index in [4.69, 9.17) is 4.42 Å². The molecule has 7 heteroatoms. The summed E-state index contributed by atoms with van der Waals surface area (Å²) in [5.41, 5.74) is 1.51. The Bertz CT molecular complexity index is 1050. The van der Waals surface area contributed by atoms with Crippen LogP contribution in [0.15, 0.2) is 56.9 Å². The van der Waals surface area contributed by atoms with E-state index in [1.54, 1.807) is 28.3 Å². The Hall–Kier alpha value is -2.38. The zero-order valence-electron chi connectivity index (χ0n) is 13.3. The molecule has 3 heterocycles. The Balaban J connectivity index is 1.61. The lowest BCUT2D eigenvalue weighted by molar-refractivity contribution is 0.0997. The predicted molar refractivity (Wildman–Crippen MR) is 102 cm³/mol. The SMILES string of the molecule is Cc1c(C(=O)Nc2ccnn2Cc2cccs2)oc2cc(Br)ccc12. The third-order valence-corrected chi connectivity index (χ3v) is 5.30. The van der Waals surface area contributed by atoms with E-state index in [1.807, 2.05) is 42.6 Å². The summed E-state index contributed by atoms with van der Waals surface area (Å²) in [6, 6.07) is 11.6. The van der Waals surface area contributed by atoms with E-state index >= 15 is 0 Å². The zero-order valence-corrected chi connectivity index (χ0v) is 15.7. The van der Waals surface area contributed by atoms with Crippen molar-refractivity contribution >= 4 is 50.0 Å². The number of aryl methyl sites for hydroxylation is 1. The number of fused-ring (bicyclic) bond motifs is 1. The van der Waals surface area contributed by atoms with Gasteiger partial charge in [-0.3, -0.25) is 4.79 Å². The molecule has 0 bridgehead atoms. The number of carbonyl (C=O) groups excluding carboxylic acids is 1. The Morgan fingerprint density at radius 1 is 1.36 bits per heavy atom. The van der Waals surface area contributed by atoms with Gasteiger partial charge in [0, 0.05) is 26.4 Å². The van der Waals surface area contributed by atoms with E-state index in [9.17, 15) is 4.79 Å². The Morgan fingerprint density at radius 3 is 3.04 bits per heavy atom. The summed E-state index contributed by atoms with van der Waals surface area (Å²) in [4.78, 5) is 13.9. The maximum Gasteiger partial charge on any atom is 0.292 e. The van der Waals surface area contributed by atoms with E-state index in [0.29, 0.717) is 23.7 Å². The van der Waals surface area contributed by atoms with E-state index < -0.39 is 0 Å². The first-order valence-corrected chi connectivity index (χ1v) is 9.33. The number of hydrogen-bond donors (Lipinski definition) is 1. The number of rotatable bonds is 4. The molecule has 4 aromatic rings. The van der Waals surface area contributed by atoms with Gasteiger partial charge < -0.3 is 9.73 Å². The van der Waals surface area contributed by atoms with Crippen LogP contribution >= 0.6 is 27.3 Å². The molecule has 0 radical (unpaired) electrons. The van der Waals surface area contributed by atoms with Gasteiger partial charge in [-0.05, 0) is 36.6 Å². The Morgan fingerprint density at radius 2 is 2.24 bits per heavy atom. The second kappa shape index (κ2) is 6.50. The third-order valence-electron chi connectivity index (χ3n) is 3.95. The van der Waals surface area contributed by atoms with Gasteiger partial charge in [0.25, 0.3) is 5.91 Å². The van der Waals surface area contributed by atoms with Crippen LogP contribution in [0.25, 0.3) is 11.0 Å². The molecule has 4 rings (SSSR count). The molecule has 0 atom stereocenters. The molecule has 1 amide bonds. The second-order valence-electron chi connectivity index (χ2n) is 5.60. The predicted octanol–water partition coefficient (Wildman–Crippen LogP) is 5.06. The molecule has 126 valence electrons. The fourth-order valence-corrected chi connectivity index (χ4v) is 3.73. The molecule has 0 aliphatic carbocycles. The van der Waals surface area contributed by atoms with Crippen molar-refractivity contribution in [2.45, 2.75) is 13.5 Å². The van der Waals surface area contributed by atoms with Crippen molar-refractivity contribution in [2.24, 2.45) is 0 Å². The van der Waals surface area contributed by atoms with Crippen molar-refractivity contribution in [3.63, 3.8) is 0 Å². The summed E-state index contributed by atoms with van der Waals surface area (Å²) in [6.45, 7) is 2.50. The van der Waals surface area contributed by atoms with Gasteiger partial charge >= 0.3 is 0 Å². The summed E-state index contributed by atoms with van der Waals surface area (Å²) in [7, 11) is 0. The Labute approximate surface area is 156 Å². The highest BCUT2D eigenvalue weighted by Crippen LogP contribution is 2.28. The molecule has 1 aromatic carbocycles. The molecule has 0 saturated heterocycles.